The summed E-state index contributed by atoms with van der Waals surface area (Å²) in [6.07, 6.45) is 2.59. The molecule has 1 aliphatic rings. The first-order valence-electron chi connectivity index (χ1n) is 6.39. The van der Waals surface area contributed by atoms with Crippen LogP contribution >= 0.6 is 12.8 Å². The number of rotatable bonds is 3. The number of amides is 1. The number of methoxy groups -OCH3 is 1. The van der Waals surface area contributed by atoms with Crippen LogP contribution in [0.4, 0.5) is 4.39 Å². The van der Waals surface area contributed by atoms with Gasteiger partial charge >= 0.3 is 0 Å². The molecule has 1 aromatic rings. The second-order valence-electron chi connectivity index (χ2n) is 5.18. The quantitative estimate of drug-likeness (QED) is 0.834. The number of piperidine rings is 1. The number of halogens is 1. The molecule has 0 bridgehead atoms. The normalized spacial score (nSPS) is 18.6. The molecule has 5 nitrogen and oxygen atoms in total. The molecule has 7 heteroatoms. The van der Waals surface area contributed by atoms with Gasteiger partial charge in [0.2, 0.25) is 5.88 Å². The molecule has 0 radical (unpaired) electrons. The van der Waals surface area contributed by atoms with E-state index in [4.69, 9.17) is 4.74 Å². The third-order valence-electron chi connectivity index (χ3n) is 3.51. The zero-order chi connectivity index (χ0) is 14.8. The first kappa shape index (κ1) is 15.1. The van der Waals surface area contributed by atoms with E-state index in [0.29, 0.717) is 0 Å². The molecule has 1 N–H and O–H groups in total. The third kappa shape index (κ3) is 3.40. The highest BCUT2D eigenvalue weighted by Crippen LogP contribution is 2.24. The van der Waals surface area contributed by atoms with Crippen molar-refractivity contribution in [1.29, 1.82) is 0 Å². The van der Waals surface area contributed by atoms with Crippen LogP contribution in [0.1, 0.15) is 30.1 Å². The van der Waals surface area contributed by atoms with Crippen molar-refractivity contribution >= 4 is 18.7 Å². The number of aromatic nitrogens is 1. The van der Waals surface area contributed by atoms with E-state index in [1.54, 1.807) is 0 Å². The number of carbonyl (C=O) groups is 1. The summed E-state index contributed by atoms with van der Waals surface area (Å²) >= 11 is 4.29. The van der Waals surface area contributed by atoms with Crippen molar-refractivity contribution in [1.82, 2.24) is 14.6 Å². The molecule has 0 aliphatic carbocycles. The van der Waals surface area contributed by atoms with E-state index in [2.05, 4.69) is 23.1 Å². The fourth-order valence-corrected chi connectivity index (χ4v) is 2.41. The first-order chi connectivity index (χ1) is 9.43. The molecule has 0 atom stereocenters. The summed E-state index contributed by atoms with van der Waals surface area (Å²) in [5.41, 5.74) is -0.213. The lowest BCUT2D eigenvalue weighted by atomic mass is 9.90. The molecule has 2 rings (SSSR count). The van der Waals surface area contributed by atoms with Gasteiger partial charge in [0.15, 0.2) is 0 Å². The second-order valence-corrected chi connectivity index (χ2v) is 5.74. The summed E-state index contributed by atoms with van der Waals surface area (Å²) in [6.45, 7) is 3.56. The van der Waals surface area contributed by atoms with Crippen LogP contribution in [-0.4, -0.2) is 40.9 Å². The maximum Gasteiger partial charge on any atom is 0.257 e. The number of hydrogen-bond acceptors (Lipinski definition) is 5. The predicted molar refractivity (Wildman–Crippen MR) is 76.4 cm³/mol. The van der Waals surface area contributed by atoms with Gasteiger partial charge in [-0.3, -0.25) is 9.10 Å². The lowest BCUT2D eigenvalue weighted by molar-refractivity contribution is 0.0869. The standard InChI is InChI=1S/C13H18FN3O2S/c1-13(3-5-17(20)6-4-13)16-11(18)10-7-9(14)8-15-12(10)19-2/h7-8,20H,3-6H2,1-2H3,(H,16,18). The highest BCUT2D eigenvalue weighted by atomic mass is 32.1. The van der Waals surface area contributed by atoms with Gasteiger partial charge in [-0.25, -0.2) is 9.37 Å². The van der Waals surface area contributed by atoms with Crippen LogP contribution < -0.4 is 10.1 Å². The molecule has 110 valence electrons. The van der Waals surface area contributed by atoms with E-state index in [0.717, 1.165) is 38.2 Å². The number of carbonyl (C=O) groups excluding carboxylic acids is 1. The Kier molecular flexibility index (Phi) is 4.49. The molecule has 2 heterocycles. The van der Waals surface area contributed by atoms with E-state index in [9.17, 15) is 9.18 Å². The van der Waals surface area contributed by atoms with Gasteiger partial charge in [-0.15, -0.1) is 0 Å². The molecule has 20 heavy (non-hydrogen) atoms. The van der Waals surface area contributed by atoms with Gasteiger partial charge in [-0.1, -0.05) is 12.8 Å². The molecule has 1 fully saturated rings. The zero-order valence-electron chi connectivity index (χ0n) is 11.5. The Hall–Kier alpha value is -1.34. The summed E-state index contributed by atoms with van der Waals surface area (Å²) in [6, 6.07) is 1.14. The maximum atomic E-state index is 13.3. The minimum Gasteiger partial charge on any atom is -0.480 e. The van der Waals surface area contributed by atoms with Gasteiger partial charge < -0.3 is 10.1 Å². The minimum absolute atomic E-state index is 0.113. The van der Waals surface area contributed by atoms with Crippen LogP contribution in [0.25, 0.3) is 0 Å². The van der Waals surface area contributed by atoms with E-state index in [1.165, 1.54) is 7.11 Å². The average molecular weight is 299 g/mol. The number of ether oxygens (including phenoxy) is 1. The van der Waals surface area contributed by atoms with Crippen LogP contribution in [-0.2, 0) is 0 Å². The van der Waals surface area contributed by atoms with Crippen LogP contribution in [0.3, 0.4) is 0 Å². The third-order valence-corrected chi connectivity index (χ3v) is 3.91. The Morgan fingerprint density at radius 3 is 2.80 bits per heavy atom. The largest absolute Gasteiger partial charge is 0.480 e. The molecule has 0 unspecified atom stereocenters. The Bertz CT molecular complexity index is 504. The van der Waals surface area contributed by atoms with Gasteiger partial charge in [-0.05, 0) is 25.8 Å². The Labute approximate surface area is 123 Å². The monoisotopic (exact) mass is 299 g/mol. The van der Waals surface area contributed by atoms with Crippen LogP contribution in [0.15, 0.2) is 12.3 Å². The minimum atomic E-state index is -0.564. The number of hydrogen-bond donors (Lipinski definition) is 2. The smallest absolute Gasteiger partial charge is 0.257 e. The fraction of sp³-hybridized carbons (Fsp3) is 0.538. The molecular weight excluding hydrogens is 281 g/mol. The topological polar surface area (TPSA) is 54.5 Å². The molecule has 1 aliphatic heterocycles. The Balaban J connectivity index is 2.14. The number of thiol groups is 1. The number of pyridine rings is 1. The summed E-state index contributed by atoms with van der Waals surface area (Å²) < 4.78 is 20.2. The van der Waals surface area contributed by atoms with E-state index < -0.39 is 5.82 Å². The molecule has 1 saturated heterocycles. The van der Waals surface area contributed by atoms with Crippen molar-refractivity contribution in [3.8, 4) is 5.88 Å². The summed E-state index contributed by atoms with van der Waals surface area (Å²) in [7, 11) is 1.40. The van der Waals surface area contributed by atoms with Crippen molar-refractivity contribution in [2.45, 2.75) is 25.3 Å². The summed E-state index contributed by atoms with van der Waals surface area (Å²) in [5, 5.41) is 2.95. The average Bonchev–Trinajstić information content (AvgIpc) is 2.42. The molecule has 0 saturated carbocycles. The van der Waals surface area contributed by atoms with E-state index >= 15 is 0 Å². The predicted octanol–water partition coefficient (Wildman–Crippen LogP) is 1.66. The first-order valence-corrected chi connectivity index (χ1v) is 6.79. The van der Waals surface area contributed by atoms with E-state index in [1.807, 2.05) is 11.2 Å². The molecule has 0 aromatic carbocycles. The second kappa shape index (κ2) is 5.97. The van der Waals surface area contributed by atoms with Crippen molar-refractivity contribution in [3.05, 3.63) is 23.6 Å². The maximum absolute atomic E-state index is 13.3. The van der Waals surface area contributed by atoms with Crippen molar-refractivity contribution in [2.75, 3.05) is 20.2 Å². The zero-order valence-corrected chi connectivity index (χ0v) is 12.4. The van der Waals surface area contributed by atoms with Gasteiger partial charge in [0, 0.05) is 18.6 Å². The van der Waals surface area contributed by atoms with Gasteiger partial charge in [0.25, 0.3) is 5.91 Å². The molecule has 0 spiro atoms. The highest BCUT2D eigenvalue weighted by Gasteiger charge is 2.31. The fourth-order valence-electron chi connectivity index (χ4n) is 2.21. The van der Waals surface area contributed by atoms with Crippen molar-refractivity contribution in [2.24, 2.45) is 0 Å². The highest BCUT2D eigenvalue weighted by molar-refractivity contribution is 7.77. The molecule has 1 aromatic heterocycles. The van der Waals surface area contributed by atoms with Crippen LogP contribution in [0, 0.1) is 5.82 Å². The SMILES string of the molecule is COc1ncc(F)cc1C(=O)NC1(C)CCN(S)CC1. The lowest BCUT2D eigenvalue weighted by Gasteiger charge is -2.37. The van der Waals surface area contributed by atoms with Gasteiger partial charge in [-0.2, -0.15) is 0 Å². The summed E-state index contributed by atoms with van der Waals surface area (Å²) in [5.74, 6) is -0.811. The van der Waals surface area contributed by atoms with Crippen molar-refractivity contribution in [3.63, 3.8) is 0 Å². The van der Waals surface area contributed by atoms with E-state index in [-0.39, 0.29) is 22.9 Å². The van der Waals surface area contributed by atoms with Crippen molar-refractivity contribution < 1.29 is 13.9 Å². The number of nitrogens with zero attached hydrogens (tertiary/aromatic N) is 2. The van der Waals surface area contributed by atoms with Crippen LogP contribution in [0.2, 0.25) is 0 Å². The Morgan fingerprint density at radius 2 is 2.20 bits per heavy atom. The van der Waals surface area contributed by atoms with Crippen LogP contribution in [0.5, 0.6) is 5.88 Å². The number of nitrogens with one attached hydrogen (secondary N) is 1. The summed E-state index contributed by atoms with van der Waals surface area (Å²) in [4.78, 5) is 16.1. The lowest BCUT2D eigenvalue weighted by Crippen LogP contribution is -2.51. The molecule has 1 amide bonds. The van der Waals surface area contributed by atoms with Gasteiger partial charge in [0.05, 0.1) is 13.3 Å². The Morgan fingerprint density at radius 1 is 1.55 bits per heavy atom. The van der Waals surface area contributed by atoms with Gasteiger partial charge in [0.1, 0.15) is 11.4 Å². The molecular formula is C13H18FN3O2S.